The van der Waals surface area contributed by atoms with E-state index in [9.17, 15) is 9.50 Å². The highest BCUT2D eigenvalue weighted by atomic mass is 19.1. The van der Waals surface area contributed by atoms with Crippen LogP contribution in [-0.4, -0.2) is 49.3 Å². The Morgan fingerprint density at radius 1 is 1.14 bits per heavy atom. The molecule has 2 atom stereocenters. The van der Waals surface area contributed by atoms with Crippen molar-refractivity contribution in [2.75, 3.05) is 11.9 Å². The maximum atomic E-state index is 14.2. The van der Waals surface area contributed by atoms with E-state index in [4.69, 9.17) is 0 Å². The fourth-order valence-electron chi connectivity index (χ4n) is 3.70. The van der Waals surface area contributed by atoms with E-state index in [2.05, 4.69) is 20.3 Å². The van der Waals surface area contributed by atoms with Crippen molar-refractivity contribution in [1.82, 2.24) is 25.0 Å². The van der Waals surface area contributed by atoms with Crippen LogP contribution in [0.25, 0.3) is 22.5 Å². The predicted octanol–water partition coefficient (Wildman–Crippen LogP) is 3.36. The summed E-state index contributed by atoms with van der Waals surface area (Å²) in [5, 5.41) is 22.9. The fraction of sp³-hybridized carbons (Fsp3) is 0.400. The molecule has 0 radical (unpaired) electrons. The van der Waals surface area contributed by atoms with Gasteiger partial charge in [-0.15, -0.1) is 10.2 Å². The van der Waals surface area contributed by atoms with E-state index in [1.54, 1.807) is 29.2 Å². The predicted molar refractivity (Wildman–Crippen MR) is 105 cm³/mol. The number of halogens is 1. The molecule has 1 fully saturated rings. The van der Waals surface area contributed by atoms with Crippen LogP contribution in [0.4, 0.5) is 10.2 Å². The third-order valence-corrected chi connectivity index (χ3v) is 5.33. The molecule has 2 aromatic heterocycles. The molecule has 1 N–H and O–H groups in total. The van der Waals surface area contributed by atoms with Gasteiger partial charge in [0.05, 0.1) is 24.0 Å². The lowest BCUT2D eigenvalue weighted by Gasteiger charge is -2.34. The first-order valence-electron chi connectivity index (χ1n) is 9.42. The number of anilines is 1. The summed E-state index contributed by atoms with van der Waals surface area (Å²) in [6.45, 7) is 0. The van der Waals surface area contributed by atoms with Crippen molar-refractivity contribution >= 4 is 5.82 Å². The summed E-state index contributed by atoms with van der Waals surface area (Å²) in [6.07, 6.45) is 7.68. The van der Waals surface area contributed by atoms with Gasteiger partial charge in [0.25, 0.3) is 0 Å². The van der Waals surface area contributed by atoms with Crippen molar-refractivity contribution in [3.05, 3.63) is 36.8 Å². The van der Waals surface area contributed by atoms with E-state index in [0.717, 1.165) is 30.4 Å². The molecule has 0 spiro atoms. The molecule has 0 aliphatic heterocycles. The summed E-state index contributed by atoms with van der Waals surface area (Å²) in [5.41, 5.74) is 2.26. The smallest absolute Gasteiger partial charge is 0.185 e. The number of aromatic hydroxyl groups is 1. The van der Waals surface area contributed by atoms with E-state index >= 15 is 0 Å². The van der Waals surface area contributed by atoms with Crippen molar-refractivity contribution in [2.45, 2.75) is 37.9 Å². The fourth-order valence-corrected chi connectivity index (χ4v) is 3.70. The van der Waals surface area contributed by atoms with Crippen molar-refractivity contribution < 1.29 is 9.50 Å². The number of hydrogen-bond acceptors (Lipinski definition) is 6. The molecule has 1 saturated carbocycles. The Bertz CT molecular complexity index is 958. The zero-order valence-electron chi connectivity index (χ0n) is 16.0. The lowest BCUT2D eigenvalue weighted by Crippen LogP contribution is -2.42. The van der Waals surface area contributed by atoms with Crippen molar-refractivity contribution in [1.29, 1.82) is 0 Å². The van der Waals surface area contributed by atoms with Gasteiger partial charge in [-0.25, -0.2) is 9.37 Å². The number of nitrogens with zero attached hydrogens (tertiary/aromatic N) is 6. The molecule has 2 heterocycles. The number of hydrogen-bond donors (Lipinski definition) is 1. The minimum absolute atomic E-state index is 0.0698. The minimum atomic E-state index is -0.857. The van der Waals surface area contributed by atoms with Gasteiger partial charge in [0.1, 0.15) is 11.9 Å². The third-order valence-electron chi connectivity index (χ3n) is 5.33. The Balaban J connectivity index is 1.55. The largest absolute Gasteiger partial charge is 0.507 e. The summed E-state index contributed by atoms with van der Waals surface area (Å²) in [7, 11) is 3.67. The number of aryl methyl sites for hydroxylation is 1. The zero-order chi connectivity index (χ0) is 19.7. The highest BCUT2D eigenvalue weighted by Crippen LogP contribution is 2.32. The number of aromatic nitrogens is 5. The lowest BCUT2D eigenvalue weighted by molar-refractivity contribution is 0.213. The molecule has 4 rings (SSSR count). The van der Waals surface area contributed by atoms with Crippen LogP contribution in [0, 0.1) is 0 Å². The Morgan fingerprint density at radius 2 is 1.96 bits per heavy atom. The highest BCUT2D eigenvalue weighted by molar-refractivity contribution is 5.72. The first-order chi connectivity index (χ1) is 13.5. The molecule has 0 bridgehead atoms. The molecule has 0 amide bonds. The Kier molecular flexibility index (Phi) is 4.93. The molecule has 0 unspecified atom stereocenters. The van der Waals surface area contributed by atoms with E-state index in [1.807, 2.05) is 31.3 Å². The molecular weight excluding hydrogens is 359 g/mol. The summed E-state index contributed by atoms with van der Waals surface area (Å²) in [5.74, 6) is 0.929. The number of phenolic OH excluding ortho intramolecular Hbond substituents is 1. The van der Waals surface area contributed by atoms with E-state index < -0.39 is 6.17 Å². The van der Waals surface area contributed by atoms with Crippen LogP contribution in [0.1, 0.15) is 25.7 Å². The average molecular weight is 382 g/mol. The first-order valence-corrected chi connectivity index (χ1v) is 9.42. The normalized spacial score (nSPS) is 19.5. The average Bonchev–Trinajstić information content (AvgIpc) is 3.14. The molecule has 1 aliphatic carbocycles. The number of rotatable bonds is 4. The van der Waals surface area contributed by atoms with Crippen LogP contribution in [0.15, 0.2) is 36.8 Å². The van der Waals surface area contributed by atoms with Gasteiger partial charge < -0.3 is 10.0 Å². The van der Waals surface area contributed by atoms with Gasteiger partial charge in [0.15, 0.2) is 11.6 Å². The van der Waals surface area contributed by atoms with E-state index in [-0.39, 0.29) is 11.8 Å². The number of alkyl halides is 1. The topological polar surface area (TPSA) is 80.0 Å². The quantitative estimate of drug-likeness (QED) is 0.745. The van der Waals surface area contributed by atoms with Gasteiger partial charge >= 0.3 is 0 Å². The number of benzene rings is 1. The summed E-state index contributed by atoms with van der Waals surface area (Å²) in [6, 6.07) is 5.11. The highest BCUT2D eigenvalue weighted by Gasteiger charge is 2.29. The zero-order valence-corrected chi connectivity index (χ0v) is 16.0. The van der Waals surface area contributed by atoms with Crippen molar-refractivity contribution in [2.24, 2.45) is 7.05 Å². The van der Waals surface area contributed by atoms with Crippen LogP contribution in [0.2, 0.25) is 0 Å². The molecule has 7 nitrogen and oxygen atoms in total. The summed E-state index contributed by atoms with van der Waals surface area (Å²) < 4.78 is 15.9. The summed E-state index contributed by atoms with van der Waals surface area (Å²) >= 11 is 0. The maximum absolute atomic E-state index is 14.2. The molecule has 146 valence electrons. The van der Waals surface area contributed by atoms with Gasteiger partial charge in [-0.3, -0.25) is 4.68 Å². The van der Waals surface area contributed by atoms with Gasteiger partial charge in [-0.2, -0.15) is 5.10 Å². The van der Waals surface area contributed by atoms with Crippen LogP contribution in [0.3, 0.4) is 0 Å². The first kappa shape index (κ1) is 18.3. The van der Waals surface area contributed by atoms with E-state index in [1.165, 1.54) is 0 Å². The second-order valence-electron chi connectivity index (χ2n) is 7.25. The maximum Gasteiger partial charge on any atom is 0.185 e. The van der Waals surface area contributed by atoms with Crippen LogP contribution in [0.5, 0.6) is 5.75 Å². The van der Waals surface area contributed by atoms with Crippen molar-refractivity contribution in [3.63, 3.8) is 0 Å². The Labute approximate surface area is 162 Å². The second kappa shape index (κ2) is 7.53. The monoisotopic (exact) mass is 382 g/mol. The van der Waals surface area contributed by atoms with Gasteiger partial charge in [-0.1, -0.05) is 18.9 Å². The van der Waals surface area contributed by atoms with Crippen LogP contribution in [-0.2, 0) is 7.05 Å². The molecule has 8 heteroatoms. The molecule has 0 saturated heterocycles. The SMILES string of the molecule is CN(c1cnc(-c2ccc(-c3cnn(C)c3)cc2O)nn1)[C@@H]1CCCC[C@@H]1F. The molecular formula is C20H23FN6O. The van der Waals surface area contributed by atoms with Gasteiger partial charge in [0, 0.05) is 25.9 Å². The van der Waals surface area contributed by atoms with Gasteiger partial charge in [0.2, 0.25) is 0 Å². The van der Waals surface area contributed by atoms with Crippen LogP contribution < -0.4 is 4.90 Å². The van der Waals surface area contributed by atoms with E-state index in [0.29, 0.717) is 23.6 Å². The standard InChI is InChI=1S/C20H23FN6O/c1-26-12-14(10-23-26)13-7-8-15(18(28)9-13)20-22-11-19(24-25-20)27(2)17-6-4-3-5-16(17)21/h7-12,16-17,28H,3-6H2,1-2H3/t16-,17+/m0/s1. The summed E-state index contributed by atoms with van der Waals surface area (Å²) in [4.78, 5) is 6.16. The second-order valence-corrected chi connectivity index (χ2v) is 7.25. The molecule has 1 aromatic carbocycles. The molecule has 28 heavy (non-hydrogen) atoms. The lowest BCUT2D eigenvalue weighted by atomic mass is 9.93. The van der Waals surface area contributed by atoms with Gasteiger partial charge in [-0.05, 0) is 30.5 Å². The third kappa shape index (κ3) is 3.54. The van der Waals surface area contributed by atoms with Crippen molar-refractivity contribution in [3.8, 4) is 28.3 Å². The number of phenols is 1. The molecule has 3 aromatic rings. The molecule has 1 aliphatic rings. The Hall–Kier alpha value is -3.03. The minimum Gasteiger partial charge on any atom is -0.507 e. The Morgan fingerprint density at radius 3 is 2.61 bits per heavy atom. The van der Waals surface area contributed by atoms with Crippen LogP contribution >= 0.6 is 0 Å².